The maximum Gasteiger partial charge on any atom is 0.241 e. The molecule has 0 unspecified atom stereocenters. The molecule has 0 aliphatic carbocycles. The van der Waals surface area contributed by atoms with Crippen molar-refractivity contribution in [3.63, 3.8) is 0 Å². The molecule has 3 heteroatoms. The first-order valence-electron chi connectivity index (χ1n) is 5.89. The average molecular weight is 212 g/mol. The highest BCUT2D eigenvalue weighted by molar-refractivity contribution is 5.85. The van der Waals surface area contributed by atoms with Gasteiger partial charge in [-0.15, -0.1) is 0 Å². The highest BCUT2D eigenvalue weighted by Gasteiger charge is 2.00. The monoisotopic (exact) mass is 212 g/mol. The van der Waals surface area contributed by atoms with E-state index in [0.717, 1.165) is 19.6 Å². The molecule has 15 heavy (non-hydrogen) atoms. The molecule has 0 aromatic carbocycles. The van der Waals surface area contributed by atoms with Crippen molar-refractivity contribution in [3.05, 3.63) is 12.2 Å². The van der Waals surface area contributed by atoms with E-state index in [4.69, 9.17) is 5.73 Å². The zero-order valence-corrected chi connectivity index (χ0v) is 10.0. The van der Waals surface area contributed by atoms with Crippen LogP contribution in [0.25, 0.3) is 0 Å². The Morgan fingerprint density at radius 2 is 1.73 bits per heavy atom. The fourth-order valence-electron chi connectivity index (χ4n) is 1.38. The Labute approximate surface area is 93.3 Å². The van der Waals surface area contributed by atoms with Gasteiger partial charge in [-0.05, 0) is 32.0 Å². The lowest BCUT2D eigenvalue weighted by Crippen LogP contribution is -2.26. The maximum atomic E-state index is 10.5. The van der Waals surface area contributed by atoms with Crippen molar-refractivity contribution >= 4 is 5.91 Å². The second kappa shape index (κ2) is 9.71. The number of hydrogen-bond acceptors (Lipinski definition) is 2. The number of rotatable bonds is 9. The van der Waals surface area contributed by atoms with Gasteiger partial charge in [0, 0.05) is 6.54 Å². The largest absolute Gasteiger partial charge is 0.366 e. The molecular formula is C12H24N2O. The summed E-state index contributed by atoms with van der Waals surface area (Å²) in [6.07, 6.45) is 8.16. The summed E-state index contributed by atoms with van der Waals surface area (Å²) in [6.45, 7) is 7.44. The molecule has 0 heterocycles. The van der Waals surface area contributed by atoms with E-state index in [1.165, 1.54) is 31.8 Å². The van der Waals surface area contributed by atoms with Crippen molar-refractivity contribution in [2.75, 3.05) is 19.6 Å². The van der Waals surface area contributed by atoms with E-state index in [1.807, 2.05) is 6.08 Å². The molecule has 0 aliphatic rings. The first kappa shape index (κ1) is 14.2. The zero-order valence-electron chi connectivity index (χ0n) is 10.0. The predicted molar refractivity (Wildman–Crippen MR) is 64.6 cm³/mol. The number of unbranched alkanes of at least 4 members (excludes halogenated alkanes) is 2. The molecule has 0 rings (SSSR count). The van der Waals surface area contributed by atoms with Crippen LogP contribution >= 0.6 is 0 Å². The van der Waals surface area contributed by atoms with Crippen LogP contribution in [-0.4, -0.2) is 30.4 Å². The molecule has 0 spiro atoms. The third-order valence-electron chi connectivity index (χ3n) is 2.30. The quantitative estimate of drug-likeness (QED) is 0.594. The van der Waals surface area contributed by atoms with Crippen LogP contribution in [0.2, 0.25) is 0 Å². The van der Waals surface area contributed by atoms with Gasteiger partial charge in [0.15, 0.2) is 0 Å². The molecule has 0 aromatic heterocycles. The zero-order chi connectivity index (χ0) is 11.5. The number of carbonyl (C=O) groups is 1. The van der Waals surface area contributed by atoms with Gasteiger partial charge in [0.25, 0.3) is 0 Å². The van der Waals surface area contributed by atoms with Gasteiger partial charge in [0.05, 0.1) is 0 Å². The van der Waals surface area contributed by atoms with Gasteiger partial charge in [-0.3, -0.25) is 9.69 Å². The number of primary amides is 1. The van der Waals surface area contributed by atoms with Gasteiger partial charge < -0.3 is 5.73 Å². The minimum absolute atomic E-state index is 0.360. The minimum Gasteiger partial charge on any atom is -0.366 e. The lowest BCUT2D eigenvalue weighted by Gasteiger charge is -2.19. The summed E-state index contributed by atoms with van der Waals surface area (Å²) in [5, 5.41) is 0. The number of amides is 1. The topological polar surface area (TPSA) is 46.3 Å². The second-order valence-corrected chi connectivity index (χ2v) is 3.81. The summed E-state index contributed by atoms with van der Waals surface area (Å²) in [5.41, 5.74) is 5.03. The van der Waals surface area contributed by atoms with E-state index < -0.39 is 0 Å². The molecule has 0 saturated heterocycles. The van der Waals surface area contributed by atoms with E-state index in [2.05, 4.69) is 18.7 Å². The van der Waals surface area contributed by atoms with Crippen LogP contribution in [-0.2, 0) is 4.79 Å². The van der Waals surface area contributed by atoms with Crippen LogP contribution in [0.5, 0.6) is 0 Å². The van der Waals surface area contributed by atoms with E-state index in [-0.39, 0.29) is 5.91 Å². The summed E-state index contributed by atoms with van der Waals surface area (Å²) in [6, 6.07) is 0. The normalized spacial score (nSPS) is 11.4. The van der Waals surface area contributed by atoms with E-state index in [1.54, 1.807) is 0 Å². The van der Waals surface area contributed by atoms with E-state index in [0.29, 0.717) is 0 Å². The Hall–Kier alpha value is -0.830. The SMILES string of the molecule is CCCCN(CC=CC(N)=O)CCCC. The van der Waals surface area contributed by atoms with Crippen molar-refractivity contribution < 1.29 is 4.79 Å². The minimum atomic E-state index is -0.360. The summed E-state index contributed by atoms with van der Waals surface area (Å²) in [5.74, 6) is -0.360. The lowest BCUT2D eigenvalue weighted by atomic mass is 10.2. The van der Waals surface area contributed by atoms with Gasteiger partial charge in [-0.2, -0.15) is 0 Å². The molecule has 0 atom stereocenters. The third kappa shape index (κ3) is 9.47. The van der Waals surface area contributed by atoms with Crippen LogP contribution < -0.4 is 5.73 Å². The van der Waals surface area contributed by atoms with E-state index in [9.17, 15) is 4.79 Å². The molecule has 0 saturated carbocycles. The second-order valence-electron chi connectivity index (χ2n) is 3.81. The van der Waals surface area contributed by atoms with Crippen LogP contribution in [0.4, 0.5) is 0 Å². The number of nitrogens with zero attached hydrogens (tertiary/aromatic N) is 1. The molecule has 0 aromatic rings. The fourth-order valence-corrected chi connectivity index (χ4v) is 1.38. The summed E-state index contributed by atoms with van der Waals surface area (Å²) >= 11 is 0. The molecule has 1 amide bonds. The number of nitrogens with two attached hydrogens (primary N) is 1. The van der Waals surface area contributed by atoms with Gasteiger partial charge in [0.2, 0.25) is 5.91 Å². The Balaban J connectivity index is 3.82. The van der Waals surface area contributed by atoms with E-state index >= 15 is 0 Å². The third-order valence-corrected chi connectivity index (χ3v) is 2.30. The fraction of sp³-hybridized carbons (Fsp3) is 0.750. The average Bonchev–Trinajstić information content (AvgIpc) is 2.20. The molecule has 3 nitrogen and oxygen atoms in total. The first-order valence-corrected chi connectivity index (χ1v) is 5.89. The van der Waals surface area contributed by atoms with Crippen LogP contribution in [0.1, 0.15) is 39.5 Å². The van der Waals surface area contributed by atoms with Crippen molar-refractivity contribution in [1.82, 2.24) is 4.90 Å². The number of hydrogen-bond donors (Lipinski definition) is 1. The van der Waals surface area contributed by atoms with Gasteiger partial charge in [-0.25, -0.2) is 0 Å². The van der Waals surface area contributed by atoms with Crippen LogP contribution in [0.15, 0.2) is 12.2 Å². The molecule has 0 bridgehead atoms. The molecule has 2 N–H and O–H groups in total. The maximum absolute atomic E-state index is 10.5. The number of carbonyl (C=O) groups excluding carboxylic acids is 1. The Kier molecular flexibility index (Phi) is 9.18. The molecule has 0 radical (unpaired) electrons. The molecular weight excluding hydrogens is 188 g/mol. The van der Waals surface area contributed by atoms with Crippen molar-refractivity contribution in [3.8, 4) is 0 Å². The highest BCUT2D eigenvalue weighted by Crippen LogP contribution is 1.99. The molecule has 0 aliphatic heterocycles. The standard InChI is InChI=1S/C12H24N2O/c1-3-5-9-14(10-6-4-2)11-7-8-12(13)15/h7-8H,3-6,9-11H2,1-2H3,(H2,13,15). The van der Waals surface area contributed by atoms with Crippen molar-refractivity contribution in [2.45, 2.75) is 39.5 Å². The van der Waals surface area contributed by atoms with Crippen molar-refractivity contribution in [2.24, 2.45) is 5.73 Å². The Morgan fingerprint density at radius 1 is 1.20 bits per heavy atom. The van der Waals surface area contributed by atoms with Gasteiger partial charge >= 0.3 is 0 Å². The van der Waals surface area contributed by atoms with Crippen LogP contribution in [0, 0.1) is 0 Å². The summed E-state index contributed by atoms with van der Waals surface area (Å²) in [4.78, 5) is 12.9. The smallest absolute Gasteiger partial charge is 0.241 e. The lowest BCUT2D eigenvalue weighted by molar-refractivity contribution is -0.113. The molecule has 0 fully saturated rings. The van der Waals surface area contributed by atoms with Gasteiger partial charge in [-0.1, -0.05) is 32.8 Å². The Bertz CT molecular complexity index is 182. The highest BCUT2D eigenvalue weighted by atomic mass is 16.1. The molecule has 88 valence electrons. The van der Waals surface area contributed by atoms with Gasteiger partial charge in [0.1, 0.15) is 0 Å². The summed E-state index contributed by atoms with van der Waals surface area (Å²) in [7, 11) is 0. The summed E-state index contributed by atoms with van der Waals surface area (Å²) < 4.78 is 0. The van der Waals surface area contributed by atoms with Crippen LogP contribution in [0.3, 0.4) is 0 Å². The first-order chi connectivity index (χ1) is 7.20. The van der Waals surface area contributed by atoms with Crippen molar-refractivity contribution in [1.29, 1.82) is 0 Å². The predicted octanol–water partition coefficient (Wildman–Crippen LogP) is 1.93. The Morgan fingerprint density at radius 3 is 2.13 bits per heavy atom.